The largest absolute Gasteiger partial charge is 0.479 e. The van der Waals surface area contributed by atoms with Gasteiger partial charge in [-0.05, 0) is 25.0 Å². The summed E-state index contributed by atoms with van der Waals surface area (Å²) in [6.45, 7) is 6.99. The Hall–Kier alpha value is -3.29. The molecule has 3 aromatic rings. The molecule has 2 aromatic heterocycles. The lowest BCUT2D eigenvalue weighted by molar-refractivity contribution is -0.146. The van der Waals surface area contributed by atoms with Gasteiger partial charge >= 0.3 is 13.7 Å². The first kappa shape index (κ1) is 29.7. The van der Waals surface area contributed by atoms with E-state index in [4.69, 9.17) is 29.0 Å². The van der Waals surface area contributed by atoms with Gasteiger partial charge in [-0.1, -0.05) is 39.0 Å². The van der Waals surface area contributed by atoms with Gasteiger partial charge < -0.3 is 29.6 Å². The summed E-state index contributed by atoms with van der Waals surface area (Å²) in [4.78, 5) is 25.1. The van der Waals surface area contributed by atoms with Gasteiger partial charge in [0.1, 0.15) is 24.1 Å². The van der Waals surface area contributed by atoms with Crippen molar-refractivity contribution < 1.29 is 37.7 Å². The zero-order chi connectivity index (χ0) is 29.0. The van der Waals surface area contributed by atoms with Crippen LogP contribution in [0.3, 0.4) is 0 Å². The molecule has 0 radical (unpaired) electrons. The van der Waals surface area contributed by atoms with E-state index in [9.17, 15) is 14.5 Å². The number of carbonyl (C=O) groups is 1. The maximum absolute atomic E-state index is 13.8. The first-order valence-corrected chi connectivity index (χ1v) is 14.4. The molecule has 0 aliphatic carbocycles. The second-order valence-corrected chi connectivity index (χ2v) is 11.6. The number of hydrogen-bond donors (Lipinski definition) is 3. The molecule has 14 nitrogen and oxygen atoms in total. The Morgan fingerprint density at radius 1 is 1.25 bits per heavy atom. The molecular formula is C25H35N6O8P. The summed E-state index contributed by atoms with van der Waals surface area (Å²) >= 11 is 0. The molecule has 0 saturated carbocycles. The van der Waals surface area contributed by atoms with Gasteiger partial charge in [0.25, 0.3) is 0 Å². The molecule has 1 aromatic carbocycles. The van der Waals surface area contributed by atoms with Gasteiger partial charge in [0.15, 0.2) is 11.2 Å². The summed E-state index contributed by atoms with van der Waals surface area (Å²) in [5.41, 5.74) is 6.58. The van der Waals surface area contributed by atoms with Crippen LogP contribution < -0.4 is 20.1 Å². The van der Waals surface area contributed by atoms with Gasteiger partial charge in [0, 0.05) is 5.92 Å². The number of anilines is 1. The highest BCUT2D eigenvalue weighted by Gasteiger charge is 2.44. The fraction of sp³-hybridized carbons (Fsp3) is 0.520. The number of imidazole rings is 1. The van der Waals surface area contributed by atoms with Crippen molar-refractivity contribution in [2.45, 2.75) is 52.2 Å². The zero-order valence-corrected chi connectivity index (χ0v) is 23.9. The van der Waals surface area contributed by atoms with Crippen LogP contribution in [0, 0.1) is 11.8 Å². The Bertz CT molecular complexity index is 1360. The molecule has 6 atom stereocenters. The highest BCUT2D eigenvalue weighted by Crippen LogP contribution is 2.46. The molecule has 1 aliphatic heterocycles. The van der Waals surface area contributed by atoms with E-state index in [2.05, 4.69) is 20.0 Å². The Kier molecular flexibility index (Phi) is 9.26. The number of fused-ring (bicyclic) bond motifs is 1. The number of nitrogens with two attached hydrogens (primary N) is 1. The first-order valence-electron chi connectivity index (χ1n) is 12.8. The molecule has 1 aliphatic rings. The quantitative estimate of drug-likeness (QED) is 0.211. The fourth-order valence-electron chi connectivity index (χ4n) is 4.13. The SMILES string of the molecule is COc1nc(N)nc2c1ncn2[C@@H]1O[C@H](COP(=O)(N[C@@H](C)C(=O)OCC(C)C)Oc2ccccc2)[C@@H](O)[C@@H]1C. The maximum Gasteiger partial charge on any atom is 0.459 e. The van der Waals surface area contributed by atoms with Crippen molar-refractivity contribution in [3.8, 4) is 11.6 Å². The van der Waals surface area contributed by atoms with Crippen LogP contribution in [0.15, 0.2) is 36.7 Å². The van der Waals surface area contributed by atoms with Crippen molar-refractivity contribution in [2.24, 2.45) is 11.8 Å². The van der Waals surface area contributed by atoms with E-state index in [1.54, 1.807) is 41.8 Å². The third kappa shape index (κ3) is 6.70. The molecule has 1 unspecified atom stereocenters. The second kappa shape index (κ2) is 12.5. The Morgan fingerprint density at radius 2 is 1.98 bits per heavy atom. The second-order valence-electron chi connectivity index (χ2n) is 9.90. The molecule has 4 N–H and O–H groups in total. The molecule has 4 rings (SSSR count). The van der Waals surface area contributed by atoms with Crippen LogP contribution in [-0.2, 0) is 23.4 Å². The van der Waals surface area contributed by atoms with Gasteiger partial charge in [-0.25, -0.2) is 9.55 Å². The van der Waals surface area contributed by atoms with E-state index in [0.29, 0.717) is 11.2 Å². The zero-order valence-electron chi connectivity index (χ0n) is 23.0. The Morgan fingerprint density at radius 3 is 2.65 bits per heavy atom. The van der Waals surface area contributed by atoms with Gasteiger partial charge in [0.2, 0.25) is 11.8 Å². The number of nitrogens with zero attached hydrogens (tertiary/aromatic N) is 4. The predicted octanol–water partition coefficient (Wildman–Crippen LogP) is 2.69. The first-order chi connectivity index (χ1) is 19.0. The number of rotatable bonds is 12. The summed E-state index contributed by atoms with van der Waals surface area (Å²) in [7, 11) is -2.70. The van der Waals surface area contributed by atoms with Crippen LogP contribution in [0.4, 0.5) is 5.95 Å². The normalized spacial score (nSPS) is 23.2. The fourth-order valence-corrected chi connectivity index (χ4v) is 5.63. The minimum atomic E-state index is -4.15. The topological polar surface area (TPSA) is 182 Å². The van der Waals surface area contributed by atoms with Crippen molar-refractivity contribution >= 4 is 30.8 Å². The predicted molar refractivity (Wildman–Crippen MR) is 144 cm³/mol. The van der Waals surface area contributed by atoms with Gasteiger partial charge in [-0.15, -0.1) is 0 Å². The Labute approximate surface area is 231 Å². The number of aromatic nitrogens is 4. The molecule has 40 heavy (non-hydrogen) atoms. The van der Waals surface area contributed by atoms with Crippen molar-refractivity contribution in [2.75, 3.05) is 26.1 Å². The molecule has 0 bridgehead atoms. The monoisotopic (exact) mass is 578 g/mol. The Balaban J connectivity index is 1.51. The molecule has 1 fully saturated rings. The molecule has 1 saturated heterocycles. The number of esters is 1. The van der Waals surface area contributed by atoms with Crippen LogP contribution >= 0.6 is 7.75 Å². The van der Waals surface area contributed by atoms with Crippen molar-refractivity contribution in [1.82, 2.24) is 24.6 Å². The lowest BCUT2D eigenvalue weighted by Gasteiger charge is -2.25. The van der Waals surface area contributed by atoms with Crippen LogP contribution in [0.5, 0.6) is 11.6 Å². The number of benzene rings is 1. The lowest BCUT2D eigenvalue weighted by atomic mass is 10.0. The van der Waals surface area contributed by atoms with E-state index in [1.165, 1.54) is 20.4 Å². The van der Waals surface area contributed by atoms with Gasteiger partial charge in [-0.2, -0.15) is 15.1 Å². The number of carbonyl (C=O) groups excluding carboxylic acids is 1. The number of aliphatic hydroxyl groups excluding tert-OH is 1. The van der Waals surface area contributed by atoms with Crippen LogP contribution in [0.1, 0.15) is 33.9 Å². The van der Waals surface area contributed by atoms with E-state index in [1.807, 2.05) is 13.8 Å². The smallest absolute Gasteiger partial charge is 0.459 e. The maximum atomic E-state index is 13.8. The highest BCUT2D eigenvalue weighted by molar-refractivity contribution is 7.52. The summed E-state index contributed by atoms with van der Waals surface area (Å²) in [6, 6.07) is 7.38. The number of nitrogen functional groups attached to an aromatic ring is 1. The summed E-state index contributed by atoms with van der Waals surface area (Å²) < 4.78 is 43.5. The summed E-state index contributed by atoms with van der Waals surface area (Å²) in [5, 5.41) is 13.6. The molecular weight excluding hydrogens is 543 g/mol. The lowest BCUT2D eigenvalue weighted by Crippen LogP contribution is -2.37. The molecule has 218 valence electrons. The number of hydrogen-bond acceptors (Lipinski definition) is 12. The van der Waals surface area contributed by atoms with E-state index < -0.39 is 44.1 Å². The number of ether oxygens (including phenoxy) is 3. The average Bonchev–Trinajstić information content (AvgIpc) is 3.46. The number of methoxy groups -OCH3 is 1. The van der Waals surface area contributed by atoms with Crippen molar-refractivity contribution in [1.29, 1.82) is 0 Å². The van der Waals surface area contributed by atoms with Crippen LogP contribution in [0.25, 0.3) is 11.2 Å². The average molecular weight is 579 g/mol. The number of nitrogens with one attached hydrogen (secondary N) is 1. The van der Waals surface area contributed by atoms with Crippen LogP contribution in [-0.4, -0.2) is 69.2 Å². The van der Waals surface area contributed by atoms with Gasteiger partial charge in [0.05, 0.1) is 32.8 Å². The molecule has 15 heteroatoms. The number of aliphatic hydroxyl groups is 1. The van der Waals surface area contributed by atoms with E-state index in [0.717, 1.165) is 0 Å². The standard InChI is InChI=1S/C25H35N6O8P/c1-14(2)11-36-24(33)16(4)30-40(34,39-17-9-7-6-8-10-17)37-12-18-20(32)15(3)23(38-18)31-13-27-19-21(31)28-25(26)29-22(19)35-5/h6-10,13-16,18,20,23,32H,11-12H2,1-5H3,(H,30,34)(H2,26,28,29)/t15-,16-,18+,20-,23+,40?/m0/s1. The molecule has 0 spiro atoms. The summed E-state index contributed by atoms with van der Waals surface area (Å²) in [6.07, 6.45) is -1.13. The highest BCUT2D eigenvalue weighted by atomic mass is 31.2. The van der Waals surface area contributed by atoms with Gasteiger partial charge in [-0.3, -0.25) is 13.9 Å². The minimum absolute atomic E-state index is 0.0108. The van der Waals surface area contributed by atoms with Crippen molar-refractivity contribution in [3.05, 3.63) is 36.7 Å². The third-order valence-electron chi connectivity index (χ3n) is 6.20. The van der Waals surface area contributed by atoms with E-state index >= 15 is 0 Å². The summed E-state index contributed by atoms with van der Waals surface area (Å²) in [5.74, 6) is -0.463. The minimum Gasteiger partial charge on any atom is -0.479 e. The molecule has 3 heterocycles. The molecule has 0 amide bonds. The third-order valence-corrected chi connectivity index (χ3v) is 7.84. The van der Waals surface area contributed by atoms with Crippen molar-refractivity contribution in [3.63, 3.8) is 0 Å². The van der Waals surface area contributed by atoms with E-state index in [-0.39, 0.29) is 36.7 Å². The van der Waals surface area contributed by atoms with Crippen LogP contribution in [0.2, 0.25) is 0 Å². The number of para-hydroxylation sites is 1.